The smallest absolute Gasteiger partial charge is 0.211 e. The van der Waals surface area contributed by atoms with Gasteiger partial charge in [-0.15, -0.1) is 0 Å². The van der Waals surface area contributed by atoms with Crippen LogP contribution in [0.25, 0.3) is 0 Å². The largest absolute Gasteiger partial charge is 0.444 e. The topological polar surface area (TPSA) is 38.1 Å². The van der Waals surface area contributed by atoms with Crippen LogP contribution in [0.5, 0.6) is 0 Å². The molecule has 17 heavy (non-hydrogen) atoms. The first kappa shape index (κ1) is 11.9. The SMILES string of the molecule is CNC(C)c1ncc(CCc2ccccc2)o1. The summed E-state index contributed by atoms with van der Waals surface area (Å²) in [5, 5.41) is 3.11. The molecule has 1 aromatic carbocycles. The Morgan fingerprint density at radius 3 is 2.71 bits per heavy atom. The standard InChI is InChI=1S/C14H18N2O/c1-11(15-2)14-16-10-13(17-14)9-8-12-6-4-3-5-7-12/h3-7,10-11,15H,8-9H2,1-2H3. The van der Waals surface area contributed by atoms with Gasteiger partial charge in [-0.2, -0.15) is 0 Å². The van der Waals surface area contributed by atoms with Gasteiger partial charge in [0.05, 0.1) is 12.2 Å². The summed E-state index contributed by atoms with van der Waals surface area (Å²) < 4.78 is 5.68. The normalized spacial score (nSPS) is 12.6. The fourth-order valence-electron chi connectivity index (χ4n) is 1.67. The summed E-state index contributed by atoms with van der Waals surface area (Å²) in [5.41, 5.74) is 1.33. The van der Waals surface area contributed by atoms with Crippen LogP contribution in [0.15, 0.2) is 40.9 Å². The summed E-state index contributed by atoms with van der Waals surface area (Å²) >= 11 is 0. The van der Waals surface area contributed by atoms with Gasteiger partial charge in [0.1, 0.15) is 5.76 Å². The zero-order valence-corrected chi connectivity index (χ0v) is 10.3. The first-order valence-corrected chi connectivity index (χ1v) is 5.95. The van der Waals surface area contributed by atoms with Gasteiger partial charge in [-0.25, -0.2) is 4.98 Å². The van der Waals surface area contributed by atoms with E-state index < -0.39 is 0 Å². The van der Waals surface area contributed by atoms with E-state index >= 15 is 0 Å². The minimum absolute atomic E-state index is 0.167. The van der Waals surface area contributed by atoms with Crippen LogP contribution < -0.4 is 5.32 Å². The minimum Gasteiger partial charge on any atom is -0.444 e. The highest BCUT2D eigenvalue weighted by Gasteiger charge is 2.09. The molecule has 1 aromatic heterocycles. The lowest BCUT2D eigenvalue weighted by Gasteiger charge is -2.03. The molecule has 0 spiro atoms. The molecular weight excluding hydrogens is 212 g/mol. The van der Waals surface area contributed by atoms with Gasteiger partial charge in [0, 0.05) is 6.42 Å². The van der Waals surface area contributed by atoms with Gasteiger partial charge in [-0.1, -0.05) is 30.3 Å². The summed E-state index contributed by atoms with van der Waals surface area (Å²) in [6.45, 7) is 2.03. The summed E-state index contributed by atoms with van der Waals surface area (Å²) in [7, 11) is 1.90. The Hall–Kier alpha value is -1.61. The van der Waals surface area contributed by atoms with Crippen molar-refractivity contribution in [3.05, 3.63) is 53.7 Å². The Morgan fingerprint density at radius 1 is 1.24 bits per heavy atom. The Bertz CT molecular complexity index is 450. The van der Waals surface area contributed by atoms with Gasteiger partial charge < -0.3 is 9.73 Å². The van der Waals surface area contributed by atoms with Gasteiger partial charge >= 0.3 is 0 Å². The first-order valence-electron chi connectivity index (χ1n) is 5.95. The third-order valence-corrected chi connectivity index (χ3v) is 2.88. The average molecular weight is 230 g/mol. The molecule has 0 aliphatic carbocycles. The third kappa shape index (κ3) is 3.17. The van der Waals surface area contributed by atoms with Crippen molar-refractivity contribution in [3.63, 3.8) is 0 Å². The van der Waals surface area contributed by atoms with Crippen LogP contribution in [-0.2, 0) is 12.8 Å². The number of rotatable bonds is 5. The van der Waals surface area contributed by atoms with Gasteiger partial charge in [-0.3, -0.25) is 0 Å². The third-order valence-electron chi connectivity index (χ3n) is 2.88. The number of benzene rings is 1. The van der Waals surface area contributed by atoms with E-state index in [1.54, 1.807) is 0 Å². The molecule has 0 saturated heterocycles. The maximum absolute atomic E-state index is 5.68. The van der Waals surface area contributed by atoms with Crippen molar-refractivity contribution < 1.29 is 4.42 Å². The lowest BCUT2D eigenvalue weighted by atomic mass is 10.1. The van der Waals surface area contributed by atoms with E-state index in [4.69, 9.17) is 4.42 Å². The lowest BCUT2D eigenvalue weighted by Crippen LogP contribution is -2.12. The number of hydrogen-bond donors (Lipinski definition) is 1. The van der Waals surface area contributed by atoms with Crippen LogP contribution in [-0.4, -0.2) is 12.0 Å². The quantitative estimate of drug-likeness (QED) is 0.858. The molecule has 0 radical (unpaired) electrons. The Kier molecular flexibility index (Phi) is 3.94. The van der Waals surface area contributed by atoms with Crippen molar-refractivity contribution in [2.24, 2.45) is 0 Å². The van der Waals surface area contributed by atoms with E-state index in [9.17, 15) is 0 Å². The Labute approximate surface area is 102 Å². The molecule has 1 N–H and O–H groups in total. The molecule has 90 valence electrons. The molecule has 0 saturated carbocycles. The van der Waals surface area contributed by atoms with Crippen LogP contribution >= 0.6 is 0 Å². The van der Waals surface area contributed by atoms with E-state index in [0.717, 1.165) is 24.5 Å². The minimum atomic E-state index is 0.167. The van der Waals surface area contributed by atoms with Crippen LogP contribution in [0.2, 0.25) is 0 Å². The molecule has 1 heterocycles. The number of oxazole rings is 1. The van der Waals surface area contributed by atoms with Crippen molar-refractivity contribution >= 4 is 0 Å². The van der Waals surface area contributed by atoms with Crippen molar-refractivity contribution in [1.82, 2.24) is 10.3 Å². The molecule has 1 unspecified atom stereocenters. The molecule has 3 heteroatoms. The predicted octanol–water partition coefficient (Wildman–Crippen LogP) is 2.74. The maximum atomic E-state index is 5.68. The molecule has 1 atom stereocenters. The van der Waals surface area contributed by atoms with Crippen molar-refractivity contribution in [2.75, 3.05) is 7.05 Å². The highest BCUT2D eigenvalue weighted by molar-refractivity contribution is 5.15. The summed E-state index contributed by atoms with van der Waals surface area (Å²) in [6.07, 6.45) is 3.71. The molecule has 0 fully saturated rings. The highest BCUT2D eigenvalue weighted by Crippen LogP contribution is 2.14. The van der Waals surface area contributed by atoms with E-state index in [2.05, 4.69) is 34.6 Å². The fourth-order valence-corrected chi connectivity index (χ4v) is 1.67. The zero-order chi connectivity index (χ0) is 12.1. The van der Waals surface area contributed by atoms with E-state index in [0.29, 0.717) is 0 Å². The highest BCUT2D eigenvalue weighted by atomic mass is 16.4. The number of nitrogens with one attached hydrogen (secondary N) is 1. The van der Waals surface area contributed by atoms with E-state index in [1.165, 1.54) is 5.56 Å². The lowest BCUT2D eigenvalue weighted by molar-refractivity contribution is 0.407. The second kappa shape index (κ2) is 5.64. The van der Waals surface area contributed by atoms with Gasteiger partial charge in [0.2, 0.25) is 5.89 Å². The molecule has 0 bridgehead atoms. The van der Waals surface area contributed by atoms with Gasteiger partial charge in [0.15, 0.2) is 0 Å². The molecule has 0 amide bonds. The van der Waals surface area contributed by atoms with E-state index in [1.807, 2.05) is 26.2 Å². The second-order valence-electron chi connectivity index (χ2n) is 4.16. The average Bonchev–Trinajstić information content (AvgIpc) is 2.85. The molecule has 0 aliphatic rings. The van der Waals surface area contributed by atoms with Gasteiger partial charge in [0.25, 0.3) is 0 Å². The molecule has 3 nitrogen and oxygen atoms in total. The number of aryl methyl sites for hydroxylation is 2. The second-order valence-corrected chi connectivity index (χ2v) is 4.16. The molecule has 0 aliphatic heterocycles. The zero-order valence-electron chi connectivity index (χ0n) is 10.3. The molecule has 2 aromatic rings. The summed E-state index contributed by atoms with van der Waals surface area (Å²) in [5.74, 6) is 1.71. The Morgan fingerprint density at radius 2 is 2.00 bits per heavy atom. The Balaban J connectivity index is 1.94. The maximum Gasteiger partial charge on any atom is 0.211 e. The monoisotopic (exact) mass is 230 g/mol. The van der Waals surface area contributed by atoms with Crippen molar-refractivity contribution in [1.29, 1.82) is 0 Å². The predicted molar refractivity (Wildman–Crippen MR) is 67.8 cm³/mol. The molecule has 2 rings (SSSR count). The number of nitrogens with zero attached hydrogens (tertiary/aromatic N) is 1. The first-order chi connectivity index (χ1) is 8.29. The number of aromatic nitrogens is 1. The molecular formula is C14H18N2O. The summed E-state index contributed by atoms with van der Waals surface area (Å²) in [4.78, 5) is 4.27. The van der Waals surface area contributed by atoms with Gasteiger partial charge in [-0.05, 0) is 26.0 Å². The van der Waals surface area contributed by atoms with Crippen molar-refractivity contribution in [2.45, 2.75) is 25.8 Å². The summed E-state index contributed by atoms with van der Waals surface area (Å²) in [6, 6.07) is 10.6. The van der Waals surface area contributed by atoms with Crippen molar-refractivity contribution in [3.8, 4) is 0 Å². The number of hydrogen-bond acceptors (Lipinski definition) is 3. The van der Waals surface area contributed by atoms with Crippen LogP contribution in [0.1, 0.15) is 30.2 Å². The fraction of sp³-hybridized carbons (Fsp3) is 0.357. The van der Waals surface area contributed by atoms with E-state index in [-0.39, 0.29) is 6.04 Å². The van der Waals surface area contributed by atoms with Crippen LogP contribution in [0, 0.1) is 0 Å². The van der Waals surface area contributed by atoms with Crippen LogP contribution in [0.4, 0.5) is 0 Å². The van der Waals surface area contributed by atoms with Crippen LogP contribution in [0.3, 0.4) is 0 Å².